The zero-order valence-corrected chi connectivity index (χ0v) is 12.9. The third-order valence-corrected chi connectivity index (χ3v) is 4.61. The Bertz CT molecular complexity index is 381. The Labute approximate surface area is 131 Å². The molecule has 0 radical (unpaired) electrons. The molecular formula is C16H27NO5. The summed E-state index contributed by atoms with van der Waals surface area (Å²) in [6.07, 6.45) is 5.73. The third-order valence-electron chi connectivity index (χ3n) is 4.61. The van der Waals surface area contributed by atoms with Gasteiger partial charge in [-0.2, -0.15) is 0 Å². The van der Waals surface area contributed by atoms with Gasteiger partial charge in [0.25, 0.3) is 0 Å². The van der Waals surface area contributed by atoms with Crippen LogP contribution in [0.1, 0.15) is 32.1 Å². The van der Waals surface area contributed by atoms with Crippen molar-refractivity contribution >= 4 is 5.97 Å². The number of aliphatic hydroxyl groups is 2. The normalized spacial score (nSPS) is 33.5. The number of carboxylic acid groups (broad SMARTS) is 1. The highest BCUT2D eigenvalue weighted by Gasteiger charge is 2.44. The van der Waals surface area contributed by atoms with Crippen LogP contribution in [0.15, 0.2) is 12.2 Å². The molecule has 0 spiro atoms. The Hall–Kier alpha value is -0.950. The second kappa shape index (κ2) is 8.62. The summed E-state index contributed by atoms with van der Waals surface area (Å²) in [5, 5.41) is 29.0. The summed E-state index contributed by atoms with van der Waals surface area (Å²) in [6, 6.07) is -0.0115. The molecule has 22 heavy (non-hydrogen) atoms. The maximum Gasteiger partial charge on any atom is 0.303 e. The molecule has 1 aliphatic carbocycles. The van der Waals surface area contributed by atoms with Gasteiger partial charge in [0.1, 0.15) is 0 Å². The maximum absolute atomic E-state index is 10.4. The third kappa shape index (κ3) is 4.78. The number of morpholine rings is 1. The molecule has 126 valence electrons. The number of carboxylic acids is 1. The Morgan fingerprint density at radius 2 is 1.91 bits per heavy atom. The lowest BCUT2D eigenvalue weighted by molar-refractivity contribution is -0.137. The van der Waals surface area contributed by atoms with E-state index in [2.05, 4.69) is 4.90 Å². The van der Waals surface area contributed by atoms with Gasteiger partial charge in [-0.3, -0.25) is 9.69 Å². The summed E-state index contributed by atoms with van der Waals surface area (Å²) in [4.78, 5) is 12.7. The van der Waals surface area contributed by atoms with Crippen LogP contribution in [0.25, 0.3) is 0 Å². The van der Waals surface area contributed by atoms with Crippen molar-refractivity contribution in [2.24, 2.45) is 5.92 Å². The van der Waals surface area contributed by atoms with Crippen molar-refractivity contribution in [2.45, 2.75) is 50.4 Å². The smallest absolute Gasteiger partial charge is 0.303 e. The Balaban J connectivity index is 1.83. The molecule has 0 aromatic rings. The number of aliphatic hydroxyl groups excluding tert-OH is 2. The summed E-state index contributed by atoms with van der Waals surface area (Å²) in [5.74, 6) is -0.737. The molecule has 3 N–H and O–H groups in total. The first-order valence-corrected chi connectivity index (χ1v) is 8.14. The van der Waals surface area contributed by atoms with Gasteiger partial charge >= 0.3 is 5.97 Å². The van der Waals surface area contributed by atoms with E-state index in [1.54, 1.807) is 0 Å². The zero-order valence-electron chi connectivity index (χ0n) is 12.9. The number of unbranched alkanes of at least 4 members (excludes halogenated alkanes) is 1. The van der Waals surface area contributed by atoms with E-state index >= 15 is 0 Å². The number of rotatable bonds is 7. The van der Waals surface area contributed by atoms with Gasteiger partial charge in [0.2, 0.25) is 0 Å². The molecule has 1 saturated heterocycles. The van der Waals surface area contributed by atoms with Gasteiger partial charge in [-0.1, -0.05) is 12.2 Å². The monoisotopic (exact) mass is 313 g/mol. The first-order chi connectivity index (χ1) is 10.6. The van der Waals surface area contributed by atoms with E-state index in [0.29, 0.717) is 32.5 Å². The summed E-state index contributed by atoms with van der Waals surface area (Å²) < 4.78 is 5.35. The van der Waals surface area contributed by atoms with E-state index in [1.165, 1.54) is 0 Å². The van der Waals surface area contributed by atoms with Gasteiger partial charge < -0.3 is 20.1 Å². The Kier molecular flexibility index (Phi) is 6.82. The molecule has 1 saturated carbocycles. The number of carbonyl (C=O) groups is 1. The molecule has 1 heterocycles. The number of hydrogen-bond acceptors (Lipinski definition) is 5. The molecule has 0 aromatic heterocycles. The molecule has 2 fully saturated rings. The molecule has 0 bridgehead atoms. The lowest BCUT2D eigenvalue weighted by Crippen LogP contribution is -2.50. The van der Waals surface area contributed by atoms with Crippen molar-refractivity contribution in [3.8, 4) is 0 Å². The van der Waals surface area contributed by atoms with Crippen molar-refractivity contribution in [1.82, 2.24) is 4.90 Å². The molecule has 0 unspecified atom stereocenters. The first kappa shape index (κ1) is 17.4. The standard InChI is InChI=1S/C16H27NO5/c18-13-11-14(19)16(17-7-9-22-10-8-17)12(13)5-3-1-2-4-6-15(20)21/h1,3,12-14,16,18-19H,2,4-11H2,(H,20,21)/t12-,13-,14+,16+/m0/s1. The van der Waals surface area contributed by atoms with Crippen molar-refractivity contribution in [3.05, 3.63) is 12.2 Å². The number of allylic oxidation sites excluding steroid dienone is 2. The van der Waals surface area contributed by atoms with Gasteiger partial charge in [0.15, 0.2) is 0 Å². The highest BCUT2D eigenvalue weighted by Crippen LogP contribution is 2.34. The van der Waals surface area contributed by atoms with E-state index in [1.807, 2.05) is 12.2 Å². The van der Waals surface area contributed by atoms with E-state index < -0.39 is 18.2 Å². The van der Waals surface area contributed by atoms with Crippen LogP contribution in [0.5, 0.6) is 0 Å². The lowest BCUT2D eigenvalue weighted by atomic mass is 9.95. The van der Waals surface area contributed by atoms with Crippen LogP contribution in [0, 0.1) is 5.92 Å². The molecule has 1 aliphatic heterocycles. The van der Waals surface area contributed by atoms with Gasteiger partial charge in [-0.05, 0) is 19.3 Å². The van der Waals surface area contributed by atoms with Crippen molar-refractivity contribution < 1.29 is 24.9 Å². The van der Waals surface area contributed by atoms with Crippen LogP contribution in [0.4, 0.5) is 0 Å². The second-order valence-corrected chi connectivity index (χ2v) is 6.17. The van der Waals surface area contributed by atoms with Crippen LogP contribution in [0.3, 0.4) is 0 Å². The number of nitrogens with zero attached hydrogens (tertiary/aromatic N) is 1. The molecular weight excluding hydrogens is 286 g/mol. The van der Waals surface area contributed by atoms with Gasteiger partial charge in [0, 0.05) is 37.9 Å². The highest BCUT2D eigenvalue weighted by molar-refractivity contribution is 5.66. The average Bonchev–Trinajstić information content (AvgIpc) is 2.77. The molecule has 6 heteroatoms. The van der Waals surface area contributed by atoms with Gasteiger partial charge in [-0.15, -0.1) is 0 Å². The number of aliphatic carboxylic acids is 1. The summed E-state index contributed by atoms with van der Waals surface area (Å²) in [5.41, 5.74) is 0. The highest BCUT2D eigenvalue weighted by atomic mass is 16.5. The molecule has 2 aliphatic rings. The van der Waals surface area contributed by atoms with Crippen molar-refractivity contribution in [1.29, 1.82) is 0 Å². The predicted octanol–water partition coefficient (Wildman–Crippen LogP) is 0.630. The Morgan fingerprint density at radius 3 is 2.59 bits per heavy atom. The van der Waals surface area contributed by atoms with E-state index in [9.17, 15) is 15.0 Å². The van der Waals surface area contributed by atoms with Crippen LogP contribution < -0.4 is 0 Å². The first-order valence-electron chi connectivity index (χ1n) is 8.14. The summed E-state index contributed by atoms with van der Waals surface area (Å²) in [7, 11) is 0. The largest absolute Gasteiger partial charge is 0.481 e. The SMILES string of the molecule is O=C(O)CCCC=CC[C@@H]1[C@@H](N2CCOCC2)[C@H](O)C[C@@H]1O. The molecule has 0 aromatic carbocycles. The fourth-order valence-electron chi connectivity index (χ4n) is 3.50. The lowest BCUT2D eigenvalue weighted by Gasteiger charge is -2.37. The van der Waals surface area contributed by atoms with E-state index in [4.69, 9.17) is 9.84 Å². The number of ether oxygens (including phenoxy) is 1. The minimum atomic E-state index is -0.768. The van der Waals surface area contributed by atoms with Crippen LogP contribution in [-0.2, 0) is 9.53 Å². The Morgan fingerprint density at radius 1 is 1.18 bits per heavy atom. The summed E-state index contributed by atoms with van der Waals surface area (Å²) >= 11 is 0. The summed E-state index contributed by atoms with van der Waals surface area (Å²) in [6.45, 7) is 2.95. The molecule has 2 rings (SSSR count). The maximum atomic E-state index is 10.4. The molecule has 0 amide bonds. The predicted molar refractivity (Wildman–Crippen MR) is 81.5 cm³/mol. The van der Waals surface area contributed by atoms with Gasteiger partial charge in [0.05, 0.1) is 25.4 Å². The van der Waals surface area contributed by atoms with E-state index in [0.717, 1.165) is 19.5 Å². The number of hydrogen-bond donors (Lipinski definition) is 3. The minimum absolute atomic E-state index is 0.0115. The van der Waals surface area contributed by atoms with Gasteiger partial charge in [-0.25, -0.2) is 0 Å². The molecule has 4 atom stereocenters. The van der Waals surface area contributed by atoms with Crippen LogP contribution in [0.2, 0.25) is 0 Å². The van der Waals surface area contributed by atoms with Crippen LogP contribution >= 0.6 is 0 Å². The van der Waals surface area contributed by atoms with Crippen molar-refractivity contribution in [3.63, 3.8) is 0 Å². The molecule has 6 nitrogen and oxygen atoms in total. The van der Waals surface area contributed by atoms with E-state index in [-0.39, 0.29) is 18.4 Å². The zero-order chi connectivity index (χ0) is 15.9. The average molecular weight is 313 g/mol. The fraction of sp³-hybridized carbons (Fsp3) is 0.812. The quantitative estimate of drug-likeness (QED) is 0.472. The fourth-order valence-corrected chi connectivity index (χ4v) is 3.50. The van der Waals surface area contributed by atoms with Crippen molar-refractivity contribution in [2.75, 3.05) is 26.3 Å². The topological polar surface area (TPSA) is 90.2 Å². The minimum Gasteiger partial charge on any atom is -0.481 e. The van der Waals surface area contributed by atoms with Crippen LogP contribution in [-0.4, -0.2) is 70.7 Å². The second-order valence-electron chi connectivity index (χ2n) is 6.17.